The van der Waals surface area contributed by atoms with E-state index < -0.39 is 0 Å². The van der Waals surface area contributed by atoms with Gasteiger partial charge in [-0.1, -0.05) is 54.1 Å². The number of nitrogens with one attached hydrogen (secondary N) is 1. The van der Waals surface area contributed by atoms with Crippen LogP contribution in [-0.4, -0.2) is 31.1 Å². The highest BCUT2D eigenvalue weighted by atomic mass is 35.5. The number of hydrogen-bond donors (Lipinski definition) is 1. The molecule has 0 amide bonds. The lowest BCUT2D eigenvalue weighted by Gasteiger charge is -2.44. The Morgan fingerprint density at radius 2 is 1.78 bits per heavy atom. The minimum atomic E-state index is 0. The number of piperazine rings is 1. The molecule has 1 fully saturated rings. The normalized spacial score (nSPS) is 23.0. The first-order chi connectivity index (χ1) is 10.3. The third kappa shape index (κ3) is 3.38. The second kappa shape index (κ2) is 7.87. The van der Waals surface area contributed by atoms with Crippen molar-refractivity contribution in [2.75, 3.05) is 26.2 Å². The molecule has 0 aliphatic carbocycles. The fourth-order valence-corrected chi connectivity index (χ4v) is 4.07. The average molecular weight is 372 g/mol. The lowest BCUT2D eigenvalue weighted by molar-refractivity contribution is 0.143. The molecule has 0 saturated carbocycles. The molecule has 1 N–H and O–H groups in total. The first kappa shape index (κ1) is 18.6. The Bertz CT molecular complexity index is 648. The second-order valence-corrected chi connectivity index (χ2v) is 6.33. The number of rotatable bonds is 1. The van der Waals surface area contributed by atoms with Crippen LogP contribution in [-0.2, 0) is 0 Å². The zero-order valence-corrected chi connectivity index (χ0v) is 15.1. The number of benzene rings is 2. The minimum Gasteiger partial charge on any atom is -0.314 e. The van der Waals surface area contributed by atoms with E-state index in [4.69, 9.17) is 11.6 Å². The monoisotopic (exact) mass is 370 g/mol. The third-order valence-electron chi connectivity index (χ3n) is 4.77. The summed E-state index contributed by atoms with van der Waals surface area (Å²) in [6.45, 7) is 4.25. The highest BCUT2D eigenvalue weighted by molar-refractivity contribution is 6.31. The van der Waals surface area contributed by atoms with Crippen LogP contribution < -0.4 is 5.32 Å². The molecule has 0 bridgehead atoms. The Hall–Kier alpha value is -0.770. The molecule has 2 aromatic carbocycles. The smallest absolute Gasteiger partial charge is 0.0491 e. The molecule has 1 saturated heterocycles. The molecule has 23 heavy (non-hydrogen) atoms. The highest BCUT2D eigenvalue weighted by Gasteiger charge is 2.36. The maximum atomic E-state index is 6.56. The van der Waals surface area contributed by atoms with Crippen LogP contribution in [0.1, 0.15) is 28.7 Å². The molecule has 0 spiro atoms. The van der Waals surface area contributed by atoms with Crippen molar-refractivity contribution in [1.29, 1.82) is 0 Å². The lowest BCUT2D eigenvalue weighted by atomic mass is 9.80. The molecule has 2 aromatic rings. The van der Waals surface area contributed by atoms with Gasteiger partial charge in [-0.3, -0.25) is 4.90 Å². The van der Waals surface area contributed by atoms with Gasteiger partial charge in [-0.05, 0) is 22.8 Å². The van der Waals surface area contributed by atoms with Crippen LogP contribution in [0.2, 0.25) is 5.02 Å². The maximum Gasteiger partial charge on any atom is 0.0491 e. The molecule has 0 unspecified atom stereocenters. The summed E-state index contributed by atoms with van der Waals surface area (Å²) in [5.74, 6) is 0.425. The quantitative estimate of drug-likeness (QED) is 0.805. The summed E-state index contributed by atoms with van der Waals surface area (Å²) in [7, 11) is 0. The van der Waals surface area contributed by atoms with E-state index in [0.717, 1.165) is 31.2 Å². The van der Waals surface area contributed by atoms with Crippen LogP contribution >= 0.6 is 36.4 Å². The fraction of sp³-hybridized carbons (Fsp3) is 0.333. The number of fused-ring (bicyclic) bond motifs is 3. The topological polar surface area (TPSA) is 15.3 Å². The van der Waals surface area contributed by atoms with Gasteiger partial charge in [0, 0.05) is 43.2 Å². The van der Waals surface area contributed by atoms with Gasteiger partial charge >= 0.3 is 0 Å². The van der Waals surface area contributed by atoms with Crippen LogP contribution in [0.15, 0.2) is 48.5 Å². The van der Waals surface area contributed by atoms with Crippen LogP contribution in [0.4, 0.5) is 0 Å². The Kier molecular flexibility index (Phi) is 6.35. The standard InChI is InChI=1S/C18H19ClN2.2ClH/c19-16-8-4-7-14-15(13-5-2-1-3-6-13)12-21-10-9-20-11-17(21)18(14)16;;/h1-8,15,17,20H,9-12H2;2*1H/t15-,17+;;/m1../s1. The molecule has 5 heteroatoms. The van der Waals surface area contributed by atoms with Crippen LogP contribution in [0.3, 0.4) is 0 Å². The summed E-state index contributed by atoms with van der Waals surface area (Å²) in [6, 6.07) is 17.6. The van der Waals surface area contributed by atoms with E-state index in [9.17, 15) is 0 Å². The Labute approximate surface area is 155 Å². The van der Waals surface area contributed by atoms with Crippen molar-refractivity contribution in [2.24, 2.45) is 0 Å². The number of nitrogens with zero attached hydrogens (tertiary/aromatic N) is 1. The van der Waals surface area contributed by atoms with Crippen molar-refractivity contribution >= 4 is 36.4 Å². The van der Waals surface area contributed by atoms with Gasteiger partial charge in [-0.25, -0.2) is 0 Å². The van der Waals surface area contributed by atoms with Crippen LogP contribution in [0.5, 0.6) is 0 Å². The van der Waals surface area contributed by atoms with E-state index in [0.29, 0.717) is 12.0 Å². The average Bonchev–Trinajstić information content (AvgIpc) is 2.55. The molecule has 2 nitrogen and oxygen atoms in total. The minimum absolute atomic E-state index is 0. The summed E-state index contributed by atoms with van der Waals surface area (Å²) in [5.41, 5.74) is 4.11. The van der Waals surface area contributed by atoms with Gasteiger partial charge < -0.3 is 5.32 Å². The van der Waals surface area contributed by atoms with Gasteiger partial charge in [0.05, 0.1) is 0 Å². The van der Waals surface area contributed by atoms with Crippen molar-refractivity contribution in [2.45, 2.75) is 12.0 Å². The summed E-state index contributed by atoms with van der Waals surface area (Å²) in [5, 5.41) is 4.42. The van der Waals surface area contributed by atoms with Crippen molar-refractivity contribution in [3.8, 4) is 0 Å². The molecule has 2 aliphatic heterocycles. The summed E-state index contributed by atoms with van der Waals surface area (Å²) in [4.78, 5) is 2.59. The first-order valence-electron chi connectivity index (χ1n) is 7.62. The van der Waals surface area contributed by atoms with Gasteiger partial charge in [0.1, 0.15) is 0 Å². The van der Waals surface area contributed by atoms with Gasteiger partial charge in [0.25, 0.3) is 0 Å². The molecule has 2 heterocycles. The van der Waals surface area contributed by atoms with Gasteiger partial charge in [-0.2, -0.15) is 0 Å². The van der Waals surface area contributed by atoms with Crippen LogP contribution in [0, 0.1) is 0 Å². The fourth-order valence-electron chi connectivity index (χ4n) is 3.76. The van der Waals surface area contributed by atoms with E-state index in [1.807, 2.05) is 6.07 Å². The number of halogens is 3. The molecular formula is C18H21Cl3N2. The molecule has 4 rings (SSSR count). The van der Waals surface area contributed by atoms with Crippen molar-refractivity contribution in [3.63, 3.8) is 0 Å². The van der Waals surface area contributed by atoms with E-state index in [2.05, 4.69) is 52.7 Å². The zero-order chi connectivity index (χ0) is 14.2. The van der Waals surface area contributed by atoms with Crippen molar-refractivity contribution < 1.29 is 0 Å². The summed E-state index contributed by atoms with van der Waals surface area (Å²) >= 11 is 6.56. The summed E-state index contributed by atoms with van der Waals surface area (Å²) in [6.07, 6.45) is 0. The van der Waals surface area contributed by atoms with Gasteiger partial charge in [0.15, 0.2) is 0 Å². The molecule has 0 radical (unpaired) electrons. The van der Waals surface area contributed by atoms with Crippen LogP contribution in [0.25, 0.3) is 0 Å². The largest absolute Gasteiger partial charge is 0.314 e. The SMILES string of the molecule is Cl.Cl.Clc1cccc2c1[C@@H]1CNCCN1C[C@@H]2c1ccccc1. The molecule has 0 aromatic heterocycles. The van der Waals surface area contributed by atoms with Gasteiger partial charge in [0.2, 0.25) is 0 Å². The second-order valence-electron chi connectivity index (χ2n) is 5.92. The van der Waals surface area contributed by atoms with E-state index in [-0.39, 0.29) is 24.8 Å². The summed E-state index contributed by atoms with van der Waals surface area (Å²) < 4.78 is 0. The number of hydrogen-bond acceptors (Lipinski definition) is 2. The van der Waals surface area contributed by atoms with E-state index in [1.165, 1.54) is 16.7 Å². The third-order valence-corrected chi connectivity index (χ3v) is 5.10. The molecule has 2 aliphatic rings. The maximum absolute atomic E-state index is 6.56. The van der Waals surface area contributed by atoms with Crippen molar-refractivity contribution in [3.05, 3.63) is 70.2 Å². The Morgan fingerprint density at radius 3 is 2.57 bits per heavy atom. The predicted molar refractivity (Wildman–Crippen MR) is 101 cm³/mol. The predicted octanol–water partition coefficient (Wildman–Crippen LogP) is 4.28. The zero-order valence-electron chi connectivity index (χ0n) is 12.7. The molecule has 2 atom stereocenters. The lowest BCUT2D eigenvalue weighted by Crippen LogP contribution is -2.50. The Balaban J connectivity index is 0.000000960. The van der Waals surface area contributed by atoms with Gasteiger partial charge in [-0.15, -0.1) is 24.8 Å². The molecule has 124 valence electrons. The molecular weight excluding hydrogens is 351 g/mol. The highest BCUT2D eigenvalue weighted by Crippen LogP contribution is 2.42. The Morgan fingerprint density at radius 1 is 1.00 bits per heavy atom. The first-order valence-corrected chi connectivity index (χ1v) is 8.00. The van der Waals surface area contributed by atoms with Crippen molar-refractivity contribution in [1.82, 2.24) is 10.2 Å². The van der Waals surface area contributed by atoms with E-state index in [1.54, 1.807) is 0 Å². The van der Waals surface area contributed by atoms with E-state index >= 15 is 0 Å².